The number of para-hydroxylation sites is 1. The van der Waals surface area contributed by atoms with Crippen molar-refractivity contribution in [3.05, 3.63) is 118 Å². The molecule has 1 N–H and O–H groups in total. The standard InChI is InChI=1S/C27H21BrN4OS/c28-21-15-13-19(14-16-21)18-34-27-31-30-25(32(27)22-9-2-1-3-10-22)17-29-26(33)24-12-6-8-20-7-4-5-11-23(20)24/h1-16H,17-18H2,(H,29,33). The van der Waals surface area contributed by atoms with Crippen molar-refractivity contribution in [1.29, 1.82) is 0 Å². The number of amides is 1. The van der Waals surface area contributed by atoms with Crippen LogP contribution in [0.2, 0.25) is 0 Å². The van der Waals surface area contributed by atoms with E-state index in [1.807, 2.05) is 89.5 Å². The van der Waals surface area contributed by atoms with E-state index in [1.54, 1.807) is 11.8 Å². The molecule has 5 rings (SSSR count). The van der Waals surface area contributed by atoms with Crippen molar-refractivity contribution in [2.75, 3.05) is 0 Å². The fourth-order valence-electron chi connectivity index (χ4n) is 3.75. The summed E-state index contributed by atoms with van der Waals surface area (Å²) in [5.74, 6) is 1.31. The van der Waals surface area contributed by atoms with Gasteiger partial charge in [-0.1, -0.05) is 94.4 Å². The van der Waals surface area contributed by atoms with Gasteiger partial charge < -0.3 is 5.32 Å². The minimum atomic E-state index is -0.136. The first-order chi connectivity index (χ1) is 16.7. The Labute approximate surface area is 210 Å². The van der Waals surface area contributed by atoms with E-state index in [-0.39, 0.29) is 12.5 Å². The smallest absolute Gasteiger partial charge is 0.252 e. The number of carbonyl (C=O) groups excluding carboxylic acids is 1. The minimum Gasteiger partial charge on any atom is -0.345 e. The van der Waals surface area contributed by atoms with Crippen LogP contribution in [0.5, 0.6) is 0 Å². The second-order valence-electron chi connectivity index (χ2n) is 7.69. The molecule has 0 bridgehead atoms. The van der Waals surface area contributed by atoms with Gasteiger partial charge in [0.15, 0.2) is 11.0 Å². The van der Waals surface area contributed by atoms with Crippen LogP contribution in [0.3, 0.4) is 0 Å². The number of aromatic nitrogens is 3. The molecule has 0 radical (unpaired) electrons. The maximum atomic E-state index is 13.0. The van der Waals surface area contributed by atoms with Gasteiger partial charge in [-0.25, -0.2) is 0 Å². The van der Waals surface area contributed by atoms with Gasteiger partial charge in [0.05, 0.1) is 6.54 Å². The van der Waals surface area contributed by atoms with Crippen molar-refractivity contribution < 1.29 is 4.79 Å². The summed E-state index contributed by atoms with van der Waals surface area (Å²) in [6.45, 7) is 0.267. The van der Waals surface area contributed by atoms with Crippen LogP contribution in [-0.4, -0.2) is 20.7 Å². The highest BCUT2D eigenvalue weighted by molar-refractivity contribution is 9.10. The van der Waals surface area contributed by atoms with Crippen molar-refractivity contribution in [2.24, 2.45) is 0 Å². The van der Waals surface area contributed by atoms with Crippen molar-refractivity contribution in [3.63, 3.8) is 0 Å². The van der Waals surface area contributed by atoms with Crippen LogP contribution >= 0.6 is 27.7 Å². The molecule has 1 aromatic heterocycles. The molecule has 1 amide bonds. The molecule has 0 aliphatic heterocycles. The summed E-state index contributed by atoms with van der Waals surface area (Å²) in [5.41, 5.74) is 2.80. The van der Waals surface area contributed by atoms with Crippen molar-refractivity contribution >= 4 is 44.4 Å². The highest BCUT2D eigenvalue weighted by Crippen LogP contribution is 2.26. The lowest BCUT2D eigenvalue weighted by molar-refractivity contribution is 0.0951. The number of carbonyl (C=O) groups is 1. The van der Waals surface area contributed by atoms with E-state index in [1.165, 1.54) is 5.56 Å². The van der Waals surface area contributed by atoms with E-state index in [9.17, 15) is 4.79 Å². The lowest BCUT2D eigenvalue weighted by atomic mass is 10.0. The van der Waals surface area contributed by atoms with Crippen LogP contribution < -0.4 is 5.32 Å². The Morgan fingerprint density at radius 3 is 2.41 bits per heavy atom. The lowest BCUT2D eigenvalue weighted by Gasteiger charge is -2.12. The van der Waals surface area contributed by atoms with Gasteiger partial charge in [-0.15, -0.1) is 10.2 Å². The Balaban J connectivity index is 1.38. The van der Waals surface area contributed by atoms with Crippen LogP contribution in [0.25, 0.3) is 16.5 Å². The number of benzene rings is 4. The van der Waals surface area contributed by atoms with Gasteiger partial charge in [-0.2, -0.15) is 0 Å². The van der Waals surface area contributed by atoms with Crippen molar-refractivity contribution in [2.45, 2.75) is 17.5 Å². The molecule has 5 aromatic rings. The average Bonchev–Trinajstić information content (AvgIpc) is 3.30. The van der Waals surface area contributed by atoms with Gasteiger partial charge in [0.1, 0.15) is 0 Å². The van der Waals surface area contributed by atoms with E-state index in [0.29, 0.717) is 11.4 Å². The molecule has 0 saturated carbocycles. The first-order valence-corrected chi connectivity index (χ1v) is 12.6. The van der Waals surface area contributed by atoms with Crippen molar-refractivity contribution in [3.8, 4) is 5.69 Å². The molecule has 4 aromatic carbocycles. The minimum absolute atomic E-state index is 0.136. The van der Waals surface area contributed by atoms with E-state index in [4.69, 9.17) is 0 Å². The summed E-state index contributed by atoms with van der Waals surface area (Å²) < 4.78 is 3.06. The second-order valence-corrected chi connectivity index (χ2v) is 9.55. The van der Waals surface area contributed by atoms with E-state index in [2.05, 4.69) is 43.6 Å². The van der Waals surface area contributed by atoms with Crippen LogP contribution in [0.1, 0.15) is 21.7 Å². The fraction of sp³-hybridized carbons (Fsp3) is 0.0741. The van der Waals surface area contributed by atoms with Gasteiger partial charge in [-0.05, 0) is 46.7 Å². The number of nitrogens with zero attached hydrogens (tertiary/aromatic N) is 3. The van der Waals surface area contributed by atoms with Crippen LogP contribution in [0.4, 0.5) is 0 Å². The summed E-state index contributed by atoms with van der Waals surface area (Å²) >= 11 is 5.09. The first-order valence-electron chi connectivity index (χ1n) is 10.8. The monoisotopic (exact) mass is 528 g/mol. The normalized spacial score (nSPS) is 11.0. The zero-order valence-corrected chi connectivity index (χ0v) is 20.6. The molecular formula is C27H21BrN4OS. The molecule has 0 aliphatic carbocycles. The fourth-order valence-corrected chi connectivity index (χ4v) is 4.94. The first kappa shape index (κ1) is 22.4. The molecule has 34 heavy (non-hydrogen) atoms. The van der Waals surface area contributed by atoms with Crippen molar-refractivity contribution in [1.82, 2.24) is 20.1 Å². The molecule has 0 aliphatic rings. The van der Waals surface area contributed by atoms with Gasteiger partial charge in [-0.3, -0.25) is 9.36 Å². The number of halogens is 1. The number of rotatable bonds is 7. The highest BCUT2D eigenvalue weighted by atomic mass is 79.9. The maximum absolute atomic E-state index is 13.0. The number of hydrogen-bond donors (Lipinski definition) is 1. The van der Waals surface area contributed by atoms with Crippen LogP contribution in [0.15, 0.2) is 107 Å². The Bertz CT molecular complexity index is 1430. The molecular weight excluding hydrogens is 508 g/mol. The number of thioether (sulfide) groups is 1. The third-order valence-electron chi connectivity index (χ3n) is 5.44. The highest BCUT2D eigenvalue weighted by Gasteiger charge is 2.16. The zero-order valence-electron chi connectivity index (χ0n) is 18.2. The van der Waals surface area contributed by atoms with E-state index in [0.717, 1.165) is 31.8 Å². The van der Waals surface area contributed by atoms with Gasteiger partial charge in [0.25, 0.3) is 5.91 Å². The Hall–Kier alpha value is -3.42. The number of hydrogen-bond acceptors (Lipinski definition) is 4. The summed E-state index contributed by atoms with van der Waals surface area (Å²) in [6, 6.07) is 31.9. The third kappa shape index (κ3) is 4.90. The Morgan fingerprint density at radius 2 is 1.59 bits per heavy atom. The third-order valence-corrected chi connectivity index (χ3v) is 6.97. The maximum Gasteiger partial charge on any atom is 0.252 e. The number of fused-ring (bicyclic) bond motifs is 1. The number of nitrogens with one attached hydrogen (secondary N) is 1. The lowest BCUT2D eigenvalue weighted by Crippen LogP contribution is -2.25. The topological polar surface area (TPSA) is 59.8 Å². The molecule has 0 unspecified atom stereocenters. The Kier molecular flexibility index (Phi) is 6.74. The molecule has 0 saturated heterocycles. The van der Waals surface area contributed by atoms with E-state index >= 15 is 0 Å². The second kappa shape index (κ2) is 10.2. The van der Waals surface area contributed by atoms with Gasteiger partial charge >= 0.3 is 0 Å². The molecule has 0 atom stereocenters. The average molecular weight is 529 g/mol. The van der Waals surface area contributed by atoms with Gasteiger partial charge in [0.2, 0.25) is 0 Å². The van der Waals surface area contributed by atoms with E-state index < -0.39 is 0 Å². The summed E-state index contributed by atoms with van der Waals surface area (Å²) in [7, 11) is 0. The zero-order chi connectivity index (χ0) is 23.3. The molecule has 0 spiro atoms. The van der Waals surface area contributed by atoms with Gasteiger partial charge in [0, 0.05) is 21.5 Å². The molecule has 0 fully saturated rings. The summed E-state index contributed by atoms with van der Waals surface area (Å²) in [6.07, 6.45) is 0. The van der Waals surface area contributed by atoms with Crippen LogP contribution in [0, 0.1) is 0 Å². The summed E-state index contributed by atoms with van der Waals surface area (Å²) in [5, 5.41) is 14.6. The Morgan fingerprint density at radius 1 is 0.853 bits per heavy atom. The quantitative estimate of drug-likeness (QED) is 0.248. The largest absolute Gasteiger partial charge is 0.345 e. The predicted molar refractivity (Wildman–Crippen MR) is 140 cm³/mol. The molecule has 5 nitrogen and oxygen atoms in total. The summed E-state index contributed by atoms with van der Waals surface area (Å²) in [4.78, 5) is 13.0. The SMILES string of the molecule is O=C(NCc1nnc(SCc2ccc(Br)cc2)n1-c1ccccc1)c1cccc2ccccc12. The molecule has 1 heterocycles. The molecule has 168 valence electrons. The molecule has 7 heteroatoms. The predicted octanol–water partition coefficient (Wildman–Crippen LogP) is 6.41. The van der Waals surface area contributed by atoms with Crippen LogP contribution in [-0.2, 0) is 12.3 Å².